The highest BCUT2D eigenvalue weighted by molar-refractivity contribution is 7.86. The van der Waals surface area contributed by atoms with Crippen LogP contribution in [0.15, 0.2) is 47.4 Å². The van der Waals surface area contributed by atoms with Crippen LogP contribution in [0.4, 0.5) is 8.78 Å². The fourth-order valence-electron chi connectivity index (χ4n) is 1.61. The predicted octanol–water partition coefficient (Wildman–Crippen LogP) is 3.18. The quantitative estimate of drug-likeness (QED) is 0.814. The maximum atomic E-state index is 13.0. The lowest BCUT2D eigenvalue weighted by Gasteiger charge is -2.06. The Labute approximate surface area is 115 Å². The van der Waals surface area contributed by atoms with Crippen molar-refractivity contribution in [3.63, 3.8) is 0 Å². The van der Waals surface area contributed by atoms with Gasteiger partial charge in [-0.1, -0.05) is 17.7 Å². The molecule has 0 heterocycles. The van der Waals surface area contributed by atoms with E-state index in [0.29, 0.717) is 6.07 Å². The fraction of sp³-hybridized carbons (Fsp3) is 0.143. The number of halogens is 2. The van der Waals surface area contributed by atoms with Gasteiger partial charge in [0.05, 0.1) is 11.5 Å². The molecule has 0 aliphatic carbocycles. The molecule has 0 spiro atoms. The summed E-state index contributed by atoms with van der Waals surface area (Å²) >= 11 is 0. The topological polar surface area (TPSA) is 43.4 Å². The Morgan fingerprint density at radius 3 is 2.10 bits per heavy atom. The predicted molar refractivity (Wildman–Crippen MR) is 69.5 cm³/mol. The molecule has 0 unspecified atom stereocenters. The van der Waals surface area contributed by atoms with Crippen molar-refractivity contribution in [2.24, 2.45) is 0 Å². The summed E-state index contributed by atoms with van der Waals surface area (Å²) < 4.78 is 54.5. The first-order chi connectivity index (χ1) is 9.37. The van der Waals surface area contributed by atoms with Gasteiger partial charge in [-0.05, 0) is 36.8 Å². The minimum atomic E-state index is -3.95. The first-order valence-electron chi connectivity index (χ1n) is 5.78. The van der Waals surface area contributed by atoms with Crippen LogP contribution in [0.2, 0.25) is 0 Å². The Morgan fingerprint density at radius 1 is 1.00 bits per heavy atom. The molecule has 2 aromatic carbocycles. The van der Waals surface area contributed by atoms with Crippen LogP contribution in [-0.2, 0) is 20.9 Å². The molecule has 6 heteroatoms. The van der Waals surface area contributed by atoms with Crippen LogP contribution < -0.4 is 0 Å². The van der Waals surface area contributed by atoms with Crippen LogP contribution in [0, 0.1) is 18.6 Å². The van der Waals surface area contributed by atoms with Gasteiger partial charge < -0.3 is 0 Å². The van der Waals surface area contributed by atoms with Gasteiger partial charge in [-0.25, -0.2) is 8.78 Å². The molecule has 2 aromatic rings. The lowest BCUT2D eigenvalue weighted by Crippen LogP contribution is -2.06. The first-order valence-corrected chi connectivity index (χ1v) is 7.19. The van der Waals surface area contributed by atoms with E-state index in [4.69, 9.17) is 4.18 Å². The smallest absolute Gasteiger partial charge is 0.262 e. The van der Waals surface area contributed by atoms with E-state index in [0.717, 1.165) is 17.7 Å². The lowest BCUT2D eigenvalue weighted by molar-refractivity contribution is 0.306. The van der Waals surface area contributed by atoms with Gasteiger partial charge in [0, 0.05) is 6.07 Å². The van der Waals surface area contributed by atoms with Gasteiger partial charge in [-0.2, -0.15) is 8.42 Å². The van der Waals surface area contributed by atoms with E-state index in [1.54, 1.807) is 12.1 Å². The van der Waals surface area contributed by atoms with Crippen molar-refractivity contribution in [2.75, 3.05) is 0 Å². The van der Waals surface area contributed by atoms with E-state index < -0.39 is 28.4 Å². The zero-order chi connectivity index (χ0) is 14.8. The number of aryl methyl sites for hydroxylation is 1. The normalized spacial score (nSPS) is 11.6. The molecule has 0 radical (unpaired) electrons. The maximum Gasteiger partial charge on any atom is 0.297 e. The van der Waals surface area contributed by atoms with Crippen LogP contribution in [0.3, 0.4) is 0 Å². The van der Waals surface area contributed by atoms with E-state index in [1.165, 1.54) is 12.1 Å². The largest absolute Gasteiger partial charge is 0.297 e. The molecule has 0 aliphatic rings. The van der Waals surface area contributed by atoms with Crippen molar-refractivity contribution in [3.8, 4) is 0 Å². The third kappa shape index (κ3) is 3.61. The van der Waals surface area contributed by atoms with Crippen molar-refractivity contribution in [3.05, 3.63) is 65.2 Å². The van der Waals surface area contributed by atoms with E-state index in [9.17, 15) is 17.2 Å². The molecular formula is C14H12F2O3S. The van der Waals surface area contributed by atoms with Crippen molar-refractivity contribution >= 4 is 10.1 Å². The third-order valence-corrected chi connectivity index (χ3v) is 3.89. The van der Waals surface area contributed by atoms with Crippen LogP contribution >= 0.6 is 0 Å². The van der Waals surface area contributed by atoms with E-state index in [1.807, 2.05) is 6.92 Å². The highest BCUT2D eigenvalue weighted by atomic mass is 32.2. The molecule has 106 valence electrons. The minimum absolute atomic E-state index is 0.0000231. The summed E-state index contributed by atoms with van der Waals surface area (Å²) in [5.74, 6) is -1.56. The Morgan fingerprint density at radius 2 is 1.55 bits per heavy atom. The molecule has 0 aliphatic heterocycles. The second-order valence-electron chi connectivity index (χ2n) is 4.31. The van der Waals surface area contributed by atoms with Gasteiger partial charge in [0.15, 0.2) is 0 Å². The van der Waals surface area contributed by atoms with Gasteiger partial charge >= 0.3 is 0 Å². The Hall–Kier alpha value is -1.79. The number of hydrogen-bond acceptors (Lipinski definition) is 3. The summed E-state index contributed by atoms with van der Waals surface area (Å²) in [5.41, 5.74) is 1.02. The Balaban J connectivity index is 2.15. The third-order valence-electron chi connectivity index (χ3n) is 2.61. The molecule has 0 aromatic heterocycles. The summed E-state index contributed by atoms with van der Waals surface area (Å²) in [6.07, 6.45) is 0. The van der Waals surface area contributed by atoms with Gasteiger partial charge in [-0.3, -0.25) is 4.18 Å². The molecular weight excluding hydrogens is 286 g/mol. The second kappa shape index (κ2) is 5.68. The molecule has 0 bridgehead atoms. The van der Waals surface area contributed by atoms with Crippen molar-refractivity contribution in [2.45, 2.75) is 18.4 Å². The van der Waals surface area contributed by atoms with Gasteiger partial charge in [0.1, 0.15) is 11.6 Å². The van der Waals surface area contributed by atoms with Gasteiger partial charge in [0.2, 0.25) is 0 Å². The average Bonchev–Trinajstić information content (AvgIpc) is 2.36. The maximum absolute atomic E-state index is 13.0. The van der Waals surface area contributed by atoms with Gasteiger partial charge in [0.25, 0.3) is 10.1 Å². The zero-order valence-electron chi connectivity index (χ0n) is 10.6. The molecule has 20 heavy (non-hydrogen) atoms. The monoisotopic (exact) mass is 298 g/mol. The van der Waals surface area contributed by atoms with Crippen molar-refractivity contribution in [1.29, 1.82) is 0 Å². The SMILES string of the molecule is Cc1ccc(S(=O)(=O)OCc2cc(F)cc(F)c2)cc1. The highest BCUT2D eigenvalue weighted by Gasteiger charge is 2.15. The highest BCUT2D eigenvalue weighted by Crippen LogP contribution is 2.16. The second-order valence-corrected chi connectivity index (χ2v) is 5.92. The molecule has 2 rings (SSSR count). The molecule has 3 nitrogen and oxygen atoms in total. The standard InChI is InChI=1S/C14H12F2O3S/c1-10-2-4-14(5-3-10)20(17,18)19-9-11-6-12(15)8-13(16)7-11/h2-8H,9H2,1H3. The Kier molecular flexibility index (Phi) is 4.15. The average molecular weight is 298 g/mol. The van der Waals surface area contributed by atoms with Crippen LogP contribution in [0.5, 0.6) is 0 Å². The summed E-state index contributed by atoms with van der Waals surface area (Å²) in [6, 6.07) is 8.85. The fourth-order valence-corrected chi connectivity index (χ4v) is 2.51. The summed E-state index contributed by atoms with van der Waals surface area (Å²) in [4.78, 5) is -0.0000231. The number of rotatable bonds is 4. The molecule has 0 N–H and O–H groups in total. The lowest BCUT2D eigenvalue weighted by atomic mass is 10.2. The minimum Gasteiger partial charge on any atom is -0.262 e. The van der Waals surface area contributed by atoms with Crippen LogP contribution in [0.25, 0.3) is 0 Å². The van der Waals surface area contributed by atoms with E-state index in [-0.39, 0.29) is 10.5 Å². The molecule has 0 fully saturated rings. The van der Waals surface area contributed by atoms with Gasteiger partial charge in [-0.15, -0.1) is 0 Å². The van der Waals surface area contributed by atoms with Crippen molar-refractivity contribution in [1.82, 2.24) is 0 Å². The molecule has 0 amide bonds. The van der Waals surface area contributed by atoms with Crippen LogP contribution in [0.1, 0.15) is 11.1 Å². The number of benzene rings is 2. The number of hydrogen-bond donors (Lipinski definition) is 0. The molecule has 0 atom stereocenters. The first kappa shape index (κ1) is 14.6. The van der Waals surface area contributed by atoms with E-state index >= 15 is 0 Å². The summed E-state index contributed by atoms with van der Waals surface area (Å²) in [5, 5.41) is 0. The van der Waals surface area contributed by atoms with E-state index in [2.05, 4.69) is 0 Å². The zero-order valence-corrected chi connectivity index (χ0v) is 11.5. The molecule has 0 saturated heterocycles. The summed E-state index contributed by atoms with van der Waals surface area (Å²) in [6.45, 7) is 1.40. The molecule has 0 saturated carbocycles. The Bertz CT molecular complexity index is 689. The summed E-state index contributed by atoms with van der Waals surface area (Å²) in [7, 11) is -3.95. The van der Waals surface area contributed by atoms with Crippen molar-refractivity contribution < 1.29 is 21.4 Å². The van der Waals surface area contributed by atoms with Crippen LogP contribution in [-0.4, -0.2) is 8.42 Å².